The number of nitro benzene ring substituents is 1. The molecule has 1 aliphatic heterocycles. The van der Waals surface area contributed by atoms with E-state index in [2.05, 4.69) is 16.8 Å². The van der Waals surface area contributed by atoms with Crippen molar-refractivity contribution in [1.82, 2.24) is 10.2 Å². The minimum Gasteiger partial charge on any atom is -0.314 e. The third-order valence-corrected chi connectivity index (χ3v) is 3.28. The SMILES string of the molecule is C=C[C@@H](c1ccc(F)cc1[N+](=O)[O-])N1CCNCC1.Cl.Cl. The van der Waals surface area contributed by atoms with E-state index in [-0.39, 0.29) is 36.5 Å². The molecule has 21 heavy (non-hydrogen) atoms. The number of nitro groups is 1. The van der Waals surface area contributed by atoms with Crippen molar-refractivity contribution in [3.8, 4) is 0 Å². The number of hydrogen-bond acceptors (Lipinski definition) is 4. The molecule has 1 saturated heterocycles. The highest BCUT2D eigenvalue weighted by molar-refractivity contribution is 5.85. The first kappa shape index (κ1) is 19.8. The van der Waals surface area contributed by atoms with Crippen molar-refractivity contribution in [3.63, 3.8) is 0 Å². The number of halogens is 3. The van der Waals surface area contributed by atoms with Crippen molar-refractivity contribution >= 4 is 30.5 Å². The number of nitrogens with zero attached hydrogens (tertiary/aromatic N) is 2. The second-order valence-corrected chi connectivity index (χ2v) is 4.43. The van der Waals surface area contributed by atoms with Crippen molar-refractivity contribution in [3.05, 3.63) is 52.3 Å². The average Bonchev–Trinajstić information content (AvgIpc) is 2.42. The first-order chi connectivity index (χ1) is 9.13. The van der Waals surface area contributed by atoms with E-state index < -0.39 is 10.7 Å². The van der Waals surface area contributed by atoms with Gasteiger partial charge in [-0.2, -0.15) is 0 Å². The fourth-order valence-electron chi connectivity index (χ4n) is 2.36. The number of nitrogens with one attached hydrogen (secondary N) is 1. The average molecular weight is 338 g/mol. The maximum absolute atomic E-state index is 13.2. The van der Waals surface area contributed by atoms with Crippen LogP contribution in [0.15, 0.2) is 30.9 Å². The summed E-state index contributed by atoms with van der Waals surface area (Å²) >= 11 is 0. The molecule has 1 aliphatic rings. The molecule has 1 heterocycles. The van der Waals surface area contributed by atoms with E-state index in [0.29, 0.717) is 5.56 Å². The normalized spacial score (nSPS) is 16.2. The van der Waals surface area contributed by atoms with Crippen LogP contribution in [-0.2, 0) is 0 Å². The van der Waals surface area contributed by atoms with Crippen LogP contribution in [0.4, 0.5) is 10.1 Å². The van der Waals surface area contributed by atoms with Crippen LogP contribution in [-0.4, -0.2) is 36.0 Å². The molecule has 5 nitrogen and oxygen atoms in total. The lowest BCUT2D eigenvalue weighted by atomic mass is 10.0. The van der Waals surface area contributed by atoms with Crippen LogP contribution in [0.25, 0.3) is 0 Å². The van der Waals surface area contributed by atoms with E-state index in [1.165, 1.54) is 12.1 Å². The van der Waals surface area contributed by atoms with Crippen molar-refractivity contribution in [2.24, 2.45) is 0 Å². The first-order valence-corrected chi connectivity index (χ1v) is 6.14. The van der Waals surface area contributed by atoms with Gasteiger partial charge in [-0.3, -0.25) is 15.0 Å². The van der Waals surface area contributed by atoms with Crippen LogP contribution >= 0.6 is 24.8 Å². The molecule has 0 unspecified atom stereocenters. The van der Waals surface area contributed by atoms with Gasteiger partial charge in [0.05, 0.1) is 22.6 Å². The Morgan fingerprint density at radius 1 is 1.38 bits per heavy atom. The Morgan fingerprint density at radius 2 is 2.00 bits per heavy atom. The molecular formula is C13H18Cl2FN3O2. The Labute approximate surface area is 135 Å². The van der Waals surface area contributed by atoms with Gasteiger partial charge >= 0.3 is 0 Å². The van der Waals surface area contributed by atoms with E-state index in [4.69, 9.17) is 0 Å². The molecule has 0 saturated carbocycles. The quantitative estimate of drug-likeness (QED) is 0.521. The van der Waals surface area contributed by atoms with Crippen molar-refractivity contribution < 1.29 is 9.31 Å². The number of piperazine rings is 1. The van der Waals surface area contributed by atoms with Gasteiger partial charge in [-0.15, -0.1) is 31.4 Å². The lowest BCUT2D eigenvalue weighted by molar-refractivity contribution is -0.386. The van der Waals surface area contributed by atoms with Gasteiger partial charge in [0, 0.05) is 26.2 Å². The van der Waals surface area contributed by atoms with Gasteiger partial charge in [0.15, 0.2) is 0 Å². The predicted octanol–water partition coefficient (Wildman–Crippen LogP) is 2.71. The van der Waals surface area contributed by atoms with Gasteiger partial charge in [0.25, 0.3) is 5.69 Å². The highest BCUT2D eigenvalue weighted by atomic mass is 35.5. The molecule has 0 aromatic heterocycles. The molecule has 0 aliphatic carbocycles. The molecule has 1 aromatic rings. The monoisotopic (exact) mass is 337 g/mol. The summed E-state index contributed by atoms with van der Waals surface area (Å²) in [7, 11) is 0. The number of hydrogen-bond donors (Lipinski definition) is 1. The highest BCUT2D eigenvalue weighted by Crippen LogP contribution is 2.30. The van der Waals surface area contributed by atoms with E-state index in [9.17, 15) is 14.5 Å². The van der Waals surface area contributed by atoms with E-state index >= 15 is 0 Å². The van der Waals surface area contributed by atoms with Gasteiger partial charge in [0.1, 0.15) is 5.82 Å². The van der Waals surface area contributed by atoms with Crippen LogP contribution in [0.2, 0.25) is 0 Å². The fourth-order valence-corrected chi connectivity index (χ4v) is 2.36. The summed E-state index contributed by atoms with van der Waals surface area (Å²) in [6, 6.07) is 3.43. The molecule has 1 fully saturated rings. The zero-order chi connectivity index (χ0) is 13.8. The first-order valence-electron chi connectivity index (χ1n) is 6.14. The van der Waals surface area contributed by atoms with Crippen molar-refractivity contribution in [2.45, 2.75) is 6.04 Å². The third kappa shape index (κ3) is 4.64. The standard InChI is InChI=1S/C13H16FN3O2.2ClH/c1-2-12(16-7-5-15-6-8-16)11-4-3-10(14)9-13(11)17(18)19;;/h2-4,9,12,15H,1,5-8H2;2*1H/t12-;;/m0../s1. The Bertz CT molecular complexity index is 496. The van der Waals surface area contributed by atoms with Crippen molar-refractivity contribution in [2.75, 3.05) is 26.2 Å². The second kappa shape index (κ2) is 8.94. The van der Waals surface area contributed by atoms with Gasteiger partial charge in [0.2, 0.25) is 0 Å². The van der Waals surface area contributed by atoms with Gasteiger partial charge in [-0.25, -0.2) is 4.39 Å². The third-order valence-electron chi connectivity index (χ3n) is 3.28. The molecule has 8 heteroatoms. The maximum atomic E-state index is 13.2. The summed E-state index contributed by atoms with van der Waals surface area (Å²) in [5, 5.41) is 14.3. The predicted molar refractivity (Wildman–Crippen MR) is 84.9 cm³/mol. The smallest absolute Gasteiger partial charge is 0.277 e. The maximum Gasteiger partial charge on any atom is 0.277 e. The molecule has 2 rings (SSSR count). The van der Waals surface area contributed by atoms with E-state index in [0.717, 1.165) is 32.2 Å². The molecule has 1 aromatic carbocycles. The molecule has 118 valence electrons. The number of rotatable bonds is 4. The zero-order valence-corrected chi connectivity index (χ0v) is 13.0. The summed E-state index contributed by atoms with van der Waals surface area (Å²) in [5.74, 6) is -0.599. The van der Waals surface area contributed by atoms with Gasteiger partial charge in [-0.05, 0) is 12.1 Å². The van der Waals surface area contributed by atoms with Crippen molar-refractivity contribution in [1.29, 1.82) is 0 Å². The molecule has 1 N–H and O–H groups in total. The lowest BCUT2D eigenvalue weighted by Gasteiger charge is -2.33. The Hall–Kier alpha value is -1.21. The summed E-state index contributed by atoms with van der Waals surface area (Å²) in [5.41, 5.74) is 0.298. The van der Waals surface area contributed by atoms with Crippen LogP contribution in [0.3, 0.4) is 0 Å². The molecule has 0 amide bonds. The minimum absolute atomic E-state index is 0. The number of benzene rings is 1. The van der Waals surface area contributed by atoms with Gasteiger partial charge < -0.3 is 5.32 Å². The van der Waals surface area contributed by atoms with Crippen LogP contribution in [0, 0.1) is 15.9 Å². The molecule has 0 radical (unpaired) electrons. The molecule has 1 atom stereocenters. The Morgan fingerprint density at radius 3 is 2.52 bits per heavy atom. The van der Waals surface area contributed by atoms with Crippen LogP contribution in [0.1, 0.15) is 11.6 Å². The Balaban J connectivity index is 0.00000200. The van der Waals surface area contributed by atoms with E-state index in [1.807, 2.05) is 0 Å². The van der Waals surface area contributed by atoms with Crippen LogP contribution < -0.4 is 5.32 Å². The molecular weight excluding hydrogens is 320 g/mol. The Kier molecular flexibility index (Phi) is 8.43. The summed E-state index contributed by atoms with van der Waals surface area (Å²) in [4.78, 5) is 12.6. The van der Waals surface area contributed by atoms with Crippen LogP contribution in [0.5, 0.6) is 0 Å². The summed E-state index contributed by atoms with van der Waals surface area (Å²) in [6.07, 6.45) is 1.67. The topological polar surface area (TPSA) is 58.4 Å². The minimum atomic E-state index is -0.599. The second-order valence-electron chi connectivity index (χ2n) is 4.43. The zero-order valence-electron chi connectivity index (χ0n) is 11.3. The molecule has 0 bridgehead atoms. The lowest BCUT2D eigenvalue weighted by Crippen LogP contribution is -2.44. The summed E-state index contributed by atoms with van der Waals surface area (Å²) < 4.78 is 13.2. The highest BCUT2D eigenvalue weighted by Gasteiger charge is 2.26. The largest absolute Gasteiger partial charge is 0.314 e. The fraction of sp³-hybridized carbons (Fsp3) is 0.385. The summed E-state index contributed by atoms with van der Waals surface area (Å²) in [6.45, 7) is 6.99. The van der Waals surface area contributed by atoms with E-state index in [1.54, 1.807) is 6.08 Å². The van der Waals surface area contributed by atoms with Gasteiger partial charge in [-0.1, -0.05) is 6.08 Å². The molecule has 0 spiro atoms.